The zero-order chi connectivity index (χ0) is 20.6. The summed E-state index contributed by atoms with van der Waals surface area (Å²) in [4.78, 5) is 0. The highest BCUT2D eigenvalue weighted by Crippen LogP contribution is 2.56. The van der Waals surface area contributed by atoms with Crippen molar-refractivity contribution in [1.82, 2.24) is 0 Å². The van der Waals surface area contributed by atoms with Crippen LogP contribution in [0.3, 0.4) is 0 Å². The van der Waals surface area contributed by atoms with Crippen molar-refractivity contribution in [1.29, 1.82) is 0 Å². The summed E-state index contributed by atoms with van der Waals surface area (Å²) in [6, 6.07) is 32.9. The minimum Gasteiger partial charge on any atom is -0.350 e. The van der Waals surface area contributed by atoms with E-state index in [1.54, 1.807) is 0 Å². The molecular weight excluding hydrogens is 375 g/mol. The Hall–Kier alpha value is -1.99. The van der Waals surface area contributed by atoms with Crippen LogP contribution in [0.1, 0.15) is 27.2 Å². The van der Waals surface area contributed by atoms with Crippen molar-refractivity contribution in [3.63, 3.8) is 0 Å². The third kappa shape index (κ3) is 4.95. The van der Waals surface area contributed by atoms with Gasteiger partial charge in [0.05, 0.1) is 6.16 Å². The van der Waals surface area contributed by atoms with Crippen LogP contribution < -0.4 is 15.9 Å². The van der Waals surface area contributed by atoms with E-state index in [0.29, 0.717) is 13.2 Å². The van der Waals surface area contributed by atoms with Gasteiger partial charge in [0, 0.05) is 19.6 Å². The Morgan fingerprint density at radius 2 is 0.966 bits per heavy atom. The lowest BCUT2D eigenvalue weighted by molar-refractivity contribution is -0.221. The van der Waals surface area contributed by atoms with Crippen molar-refractivity contribution in [2.75, 3.05) is 19.4 Å². The first-order valence-electron chi connectivity index (χ1n) is 10.5. The zero-order valence-corrected chi connectivity index (χ0v) is 18.6. The van der Waals surface area contributed by atoms with E-state index in [9.17, 15) is 0 Å². The maximum atomic E-state index is 6.07. The van der Waals surface area contributed by atoms with Gasteiger partial charge in [0.1, 0.15) is 23.2 Å². The summed E-state index contributed by atoms with van der Waals surface area (Å²) < 4.78 is 12.1. The number of ether oxygens (including phenoxy) is 2. The quantitative estimate of drug-likeness (QED) is 0.341. The molecule has 0 aliphatic carbocycles. The van der Waals surface area contributed by atoms with E-state index in [0.717, 1.165) is 12.6 Å². The average molecular weight is 408 g/mol. The Morgan fingerprint density at radius 1 is 0.621 bits per heavy atom. The molecule has 3 aromatic carbocycles. The molecule has 0 atom stereocenters. The number of hydrogen-bond acceptors (Lipinski definition) is 2. The van der Waals surface area contributed by atoms with Crippen LogP contribution >= 0.6 is 7.26 Å². The molecule has 29 heavy (non-hydrogen) atoms. The third-order valence-electron chi connectivity index (χ3n) is 5.39. The number of hydrogen-bond donors (Lipinski definition) is 0. The van der Waals surface area contributed by atoms with Gasteiger partial charge in [0.15, 0.2) is 5.79 Å². The predicted octanol–water partition coefficient (Wildman–Crippen LogP) is 5.16. The largest absolute Gasteiger partial charge is 0.350 e. The minimum atomic E-state index is -1.86. The molecule has 0 radical (unpaired) electrons. The monoisotopic (exact) mass is 407 g/mol. The van der Waals surface area contributed by atoms with E-state index in [1.165, 1.54) is 15.9 Å². The number of rotatable bonds is 10. The maximum absolute atomic E-state index is 6.07. The smallest absolute Gasteiger partial charge is 0.168 e. The van der Waals surface area contributed by atoms with E-state index < -0.39 is 13.0 Å². The molecule has 0 fully saturated rings. The third-order valence-corrected chi connectivity index (χ3v) is 9.83. The minimum absolute atomic E-state index is 0.576. The van der Waals surface area contributed by atoms with Crippen LogP contribution in [0.5, 0.6) is 0 Å². The average Bonchev–Trinajstić information content (AvgIpc) is 2.77. The fraction of sp³-hybridized carbons (Fsp3) is 0.308. The van der Waals surface area contributed by atoms with E-state index in [1.807, 2.05) is 13.8 Å². The molecule has 0 heterocycles. The van der Waals surface area contributed by atoms with Crippen molar-refractivity contribution in [3.8, 4) is 0 Å². The van der Waals surface area contributed by atoms with Crippen molar-refractivity contribution in [2.45, 2.75) is 33.0 Å². The summed E-state index contributed by atoms with van der Waals surface area (Å²) in [5.74, 6) is -0.576. The van der Waals surface area contributed by atoms with E-state index in [2.05, 4.69) is 97.9 Å². The molecule has 152 valence electrons. The van der Waals surface area contributed by atoms with Crippen LogP contribution in [0, 0.1) is 0 Å². The van der Waals surface area contributed by atoms with Gasteiger partial charge in [-0.05, 0) is 57.2 Å². The SMILES string of the molecule is CCOC(C)(CC[P+](c1ccccc1)(c1ccccc1)c1ccccc1)OCC. The lowest BCUT2D eigenvalue weighted by atomic mass is 10.2. The molecule has 0 saturated carbocycles. The molecule has 0 aromatic heterocycles. The van der Waals surface area contributed by atoms with Gasteiger partial charge in [0.25, 0.3) is 0 Å². The molecule has 3 aromatic rings. The van der Waals surface area contributed by atoms with Crippen molar-refractivity contribution >= 4 is 23.2 Å². The summed E-state index contributed by atoms with van der Waals surface area (Å²) in [6.45, 7) is 7.43. The molecule has 0 saturated heterocycles. The lowest BCUT2D eigenvalue weighted by Gasteiger charge is -2.33. The molecule has 3 heteroatoms. The van der Waals surface area contributed by atoms with Crippen LogP contribution in [0.2, 0.25) is 0 Å². The van der Waals surface area contributed by atoms with Gasteiger partial charge in [-0.3, -0.25) is 0 Å². The first-order chi connectivity index (χ1) is 14.1. The second kappa shape index (κ2) is 10.2. The molecule has 0 aliphatic rings. The van der Waals surface area contributed by atoms with Crippen LogP contribution in [-0.2, 0) is 9.47 Å². The highest BCUT2D eigenvalue weighted by atomic mass is 31.2. The van der Waals surface area contributed by atoms with Crippen LogP contribution in [0.4, 0.5) is 0 Å². The highest BCUT2D eigenvalue weighted by molar-refractivity contribution is 7.95. The molecule has 0 spiro atoms. The van der Waals surface area contributed by atoms with Gasteiger partial charge in [-0.15, -0.1) is 0 Å². The fourth-order valence-corrected chi connectivity index (χ4v) is 8.50. The zero-order valence-electron chi connectivity index (χ0n) is 17.8. The Kier molecular flexibility index (Phi) is 7.61. The van der Waals surface area contributed by atoms with E-state index >= 15 is 0 Å². The normalized spacial score (nSPS) is 12.1. The van der Waals surface area contributed by atoms with Crippen molar-refractivity contribution in [3.05, 3.63) is 91.0 Å². The summed E-state index contributed by atoms with van der Waals surface area (Å²) in [5.41, 5.74) is 0. The van der Waals surface area contributed by atoms with Gasteiger partial charge in [0.2, 0.25) is 0 Å². The second-order valence-electron chi connectivity index (χ2n) is 7.29. The highest BCUT2D eigenvalue weighted by Gasteiger charge is 2.46. The predicted molar refractivity (Wildman–Crippen MR) is 126 cm³/mol. The van der Waals surface area contributed by atoms with Crippen molar-refractivity contribution < 1.29 is 9.47 Å². The number of benzene rings is 3. The first-order valence-corrected chi connectivity index (χ1v) is 12.4. The Morgan fingerprint density at radius 3 is 1.28 bits per heavy atom. The van der Waals surface area contributed by atoms with Gasteiger partial charge in [-0.2, -0.15) is 0 Å². The van der Waals surface area contributed by atoms with Crippen LogP contribution in [0.25, 0.3) is 0 Å². The molecule has 2 nitrogen and oxygen atoms in total. The van der Waals surface area contributed by atoms with Gasteiger partial charge >= 0.3 is 0 Å². The van der Waals surface area contributed by atoms with Gasteiger partial charge in [-0.1, -0.05) is 54.6 Å². The molecule has 0 unspecified atom stereocenters. The Labute approximate surface area is 176 Å². The summed E-state index contributed by atoms with van der Waals surface area (Å²) in [5, 5.41) is 4.19. The second-order valence-corrected chi connectivity index (χ2v) is 10.9. The topological polar surface area (TPSA) is 18.5 Å². The maximum Gasteiger partial charge on any atom is 0.168 e. The molecular formula is C26H32O2P+. The molecule has 3 rings (SSSR count). The fourth-order valence-electron chi connectivity index (χ4n) is 4.05. The van der Waals surface area contributed by atoms with Crippen LogP contribution in [-0.4, -0.2) is 25.2 Å². The first kappa shape index (κ1) is 21.7. The van der Waals surface area contributed by atoms with Gasteiger partial charge in [-0.25, -0.2) is 0 Å². The standard InChI is InChI=1S/C26H32O2P/c1-4-27-26(3,28-5-2)21-22-29(23-15-9-6-10-16-23,24-17-11-7-12-18-24)25-19-13-8-14-20-25/h6-20H,4-5,21-22H2,1-3H3/q+1. The summed E-state index contributed by atoms with van der Waals surface area (Å²) in [6.07, 6.45) is 1.82. The molecule has 0 aliphatic heterocycles. The molecule has 0 amide bonds. The van der Waals surface area contributed by atoms with Gasteiger partial charge < -0.3 is 9.47 Å². The van der Waals surface area contributed by atoms with E-state index in [-0.39, 0.29) is 0 Å². The van der Waals surface area contributed by atoms with E-state index in [4.69, 9.17) is 9.47 Å². The molecule has 0 N–H and O–H groups in total. The Balaban J connectivity index is 2.15. The molecule has 0 bridgehead atoms. The summed E-state index contributed by atoms with van der Waals surface area (Å²) in [7, 11) is -1.86. The lowest BCUT2D eigenvalue weighted by Crippen LogP contribution is -2.39. The summed E-state index contributed by atoms with van der Waals surface area (Å²) >= 11 is 0. The Bertz CT molecular complexity index is 747. The van der Waals surface area contributed by atoms with Crippen molar-refractivity contribution in [2.24, 2.45) is 0 Å². The van der Waals surface area contributed by atoms with Crippen LogP contribution in [0.15, 0.2) is 91.0 Å².